The van der Waals surface area contributed by atoms with Crippen LogP contribution < -0.4 is 4.90 Å². The molecule has 0 aliphatic heterocycles. The maximum atomic E-state index is 6.67. The van der Waals surface area contributed by atoms with Gasteiger partial charge in [0.05, 0.1) is 22.1 Å². The number of furan rings is 1. The van der Waals surface area contributed by atoms with E-state index in [0.717, 1.165) is 55.8 Å². The van der Waals surface area contributed by atoms with Crippen molar-refractivity contribution in [2.24, 2.45) is 0 Å². The molecule has 0 amide bonds. The van der Waals surface area contributed by atoms with Gasteiger partial charge in [-0.05, 0) is 147 Å². The first-order valence-electron chi connectivity index (χ1n) is 24.5. The van der Waals surface area contributed by atoms with Crippen LogP contribution in [0.15, 0.2) is 265 Å². The fraction of sp³-hybridized carbons (Fsp3) is 0.0294. The standard InChI is InChI=1S/C68H46N2O/c1-3-18-58-51(4-2)52-23-11-14-26-59(52)68(58)60-27-15-12-25-54(60)67-61(68)28-17-30-64(67)69(49-35-31-45(32-36-49)44-19-7-5-8-20-44)50-37-40-66-57(43-50)56-42-47(34-39-65(56)71-66)46-33-38-63-55(41-46)53-24-13-16-29-62(53)70(63)48-21-9-6-10-22-48/h3-43H,2H2,1H3/b18-3-. The Hall–Kier alpha value is -9.18. The summed E-state index contributed by atoms with van der Waals surface area (Å²) in [5.74, 6) is 0. The van der Waals surface area contributed by atoms with Crippen molar-refractivity contribution in [1.82, 2.24) is 4.57 Å². The Bertz CT molecular complexity index is 4190. The van der Waals surface area contributed by atoms with Crippen LogP contribution in [0.5, 0.6) is 0 Å². The van der Waals surface area contributed by atoms with Crippen molar-refractivity contribution in [2.75, 3.05) is 4.90 Å². The van der Waals surface area contributed by atoms with Gasteiger partial charge in [-0.1, -0.05) is 176 Å². The van der Waals surface area contributed by atoms with Crippen LogP contribution in [0.2, 0.25) is 0 Å². The minimum atomic E-state index is -0.530. The number of fused-ring (bicyclic) bond motifs is 13. The molecular formula is C68H46N2O. The molecule has 12 aromatic rings. The molecule has 3 nitrogen and oxygen atoms in total. The molecule has 0 N–H and O–H groups in total. The highest BCUT2D eigenvalue weighted by molar-refractivity contribution is 6.12. The monoisotopic (exact) mass is 906 g/mol. The number of nitrogens with zero attached hydrogens (tertiary/aromatic N) is 2. The molecular weight excluding hydrogens is 861 g/mol. The highest BCUT2D eigenvalue weighted by Crippen LogP contribution is 2.64. The maximum Gasteiger partial charge on any atom is 0.135 e. The van der Waals surface area contributed by atoms with Crippen molar-refractivity contribution in [2.45, 2.75) is 12.3 Å². The lowest BCUT2D eigenvalue weighted by Gasteiger charge is -2.32. The third-order valence-corrected chi connectivity index (χ3v) is 15.1. The van der Waals surface area contributed by atoms with E-state index in [-0.39, 0.29) is 0 Å². The van der Waals surface area contributed by atoms with Crippen LogP contribution in [0.1, 0.15) is 29.2 Å². The minimum absolute atomic E-state index is 0.530. The number of rotatable bonds is 8. The fourth-order valence-corrected chi connectivity index (χ4v) is 12.2. The molecule has 1 unspecified atom stereocenters. The number of anilines is 3. The lowest BCUT2D eigenvalue weighted by molar-refractivity contribution is 0.669. The molecule has 2 aromatic heterocycles. The Labute approximate surface area is 412 Å². The van der Waals surface area contributed by atoms with E-state index in [1.165, 1.54) is 77.5 Å². The predicted molar refractivity (Wildman–Crippen MR) is 297 cm³/mol. The van der Waals surface area contributed by atoms with Gasteiger partial charge in [-0.15, -0.1) is 0 Å². The number of hydrogen-bond donors (Lipinski definition) is 0. The van der Waals surface area contributed by atoms with Gasteiger partial charge in [0.1, 0.15) is 11.2 Å². The van der Waals surface area contributed by atoms with E-state index < -0.39 is 5.41 Å². The quantitative estimate of drug-likeness (QED) is 0.151. The molecule has 1 atom stereocenters. The van der Waals surface area contributed by atoms with E-state index in [1.54, 1.807) is 0 Å². The van der Waals surface area contributed by atoms with E-state index in [2.05, 4.69) is 266 Å². The number of hydrogen-bond acceptors (Lipinski definition) is 2. The van der Waals surface area contributed by atoms with Gasteiger partial charge in [0.15, 0.2) is 0 Å². The van der Waals surface area contributed by atoms with Crippen LogP contribution in [0.4, 0.5) is 17.1 Å². The molecule has 14 rings (SSSR count). The SMILES string of the molecule is C=CC1=C(/C=C\C)C2(c3ccccc31)c1ccccc1-c1c(N(c3ccc(-c4ccccc4)cc3)c3ccc4oc5ccc(-c6ccc7c(c6)c6ccccc6n7-c6ccccc6)cc5c4c3)cccc12. The Morgan fingerprint density at radius 3 is 1.82 bits per heavy atom. The Morgan fingerprint density at radius 2 is 1.04 bits per heavy atom. The second-order valence-corrected chi connectivity index (χ2v) is 18.7. The molecule has 0 saturated heterocycles. The zero-order chi connectivity index (χ0) is 47.2. The van der Waals surface area contributed by atoms with Crippen molar-refractivity contribution < 1.29 is 4.42 Å². The summed E-state index contributed by atoms with van der Waals surface area (Å²) >= 11 is 0. The summed E-state index contributed by atoms with van der Waals surface area (Å²) in [6.45, 7) is 6.50. The average molecular weight is 907 g/mol. The summed E-state index contributed by atoms with van der Waals surface area (Å²) in [7, 11) is 0. The molecule has 3 heteroatoms. The lowest BCUT2D eigenvalue weighted by atomic mass is 9.69. The molecule has 2 aliphatic carbocycles. The van der Waals surface area contributed by atoms with E-state index in [9.17, 15) is 0 Å². The number of aromatic nitrogens is 1. The van der Waals surface area contributed by atoms with Crippen LogP contribution in [0.25, 0.3) is 88.4 Å². The summed E-state index contributed by atoms with van der Waals surface area (Å²) in [5, 5.41) is 4.60. The van der Waals surface area contributed by atoms with Crippen molar-refractivity contribution in [3.63, 3.8) is 0 Å². The fourth-order valence-electron chi connectivity index (χ4n) is 12.2. The van der Waals surface area contributed by atoms with Crippen LogP contribution in [0.3, 0.4) is 0 Å². The van der Waals surface area contributed by atoms with Gasteiger partial charge in [0.25, 0.3) is 0 Å². The van der Waals surface area contributed by atoms with Gasteiger partial charge < -0.3 is 13.9 Å². The molecule has 0 radical (unpaired) electrons. The Morgan fingerprint density at radius 1 is 0.465 bits per heavy atom. The van der Waals surface area contributed by atoms with E-state index in [4.69, 9.17) is 4.42 Å². The van der Waals surface area contributed by atoms with Gasteiger partial charge in [-0.3, -0.25) is 0 Å². The van der Waals surface area contributed by atoms with Crippen molar-refractivity contribution in [1.29, 1.82) is 0 Å². The smallest absolute Gasteiger partial charge is 0.135 e. The van der Waals surface area contributed by atoms with Crippen LogP contribution in [0, 0.1) is 0 Å². The third kappa shape index (κ3) is 5.97. The molecule has 2 heterocycles. The van der Waals surface area contributed by atoms with Gasteiger partial charge in [-0.2, -0.15) is 0 Å². The van der Waals surface area contributed by atoms with Crippen LogP contribution >= 0.6 is 0 Å². The molecule has 2 aliphatic rings. The van der Waals surface area contributed by atoms with E-state index in [0.29, 0.717) is 0 Å². The summed E-state index contributed by atoms with van der Waals surface area (Å²) in [4.78, 5) is 2.45. The zero-order valence-electron chi connectivity index (χ0n) is 39.2. The van der Waals surface area contributed by atoms with Crippen molar-refractivity contribution in [3.8, 4) is 39.1 Å². The summed E-state index contributed by atoms with van der Waals surface area (Å²) < 4.78 is 9.03. The number of allylic oxidation sites excluding steroid dienone is 5. The average Bonchev–Trinajstić information content (AvgIpc) is 4.16. The first-order valence-corrected chi connectivity index (χ1v) is 24.5. The zero-order valence-corrected chi connectivity index (χ0v) is 39.2. The van der Waals surface area contributed by atoms with Gasteiger partial charge in [-0.25, -0.2) is 0 Å². The first-order chi connectivity index (χ1) is 35.1. The molecule has 0 saturated carbocycles. The summed E-state index contributed by atoms with van der Waals surface area (Å²) in [6.07, 6.45) is 6.53. The minimum Gasteiger partial charge on any atom is -0.456 e. The topological polar surface area (TPSA) is 21.3 Å². The van der Waals surface area contributed by atoms with Gasteiger partial charge >= 0.3 is 0 Å². The predicted octanol–water partition coefficient (Wildman–Crippen LogP) is 18.3. The van der Waals surface area contributed by atoms with Gasteiger partial charge in [0, 0.05) is 44.2 Å². The number of benzene rings is 10. The molecule has 10 aromatic carbocycles. The normalized spacial score (nSPS) is 14.8. The molecule has 334 valence electrons. The summed E-state index contributed by atoms with van der Waals surface area (Å²) in [6, 6.07) is 84.1. The molecule has 0 fully saturated rings. The third-order valence-electron chi connectivity index (χ3n) is 15.1. The van der Waals surface area contributed by atoms with Crippen LogP contribution in [-0.4, -0.2) is 4.57 Å². The highest BCUT2D eigenvalue weighted by atomic mass is 16.3. The molecule has 71 heavy (non-hydrogen) atoms. The van der Waals surface area contributed by atoms with Crippen molar-refractivity contribution >= 4 is 66.4 Å². The van der Waals surface area contributed by atoms with Crippen molar-refractivity contribution in [3.05, 3.63) is 283 Å². The Balaban J connectivity index is 0.970. The second kappa shape index (κ2) is 15.9. The summed E-state index contributed by atoms with van der Waals surface area (Å²) in [5.41, 5.74) is 22.5. The molecule has 0 bridgehead atoms. The highest BCUT2D eigenvalue weighted by Gasteiger charge is 2.52. The lowest BCUT2D eigenvalue weighted by Crippen LogP contribution is -2.27. The Kier molecular flexibility index (Phi) is 9.18. The largest absolute Gasteiger partial charge is 0.456 e. The van der Waals surface area contributed by atoms with E-state index in [1.807, 2.05) is 6.08 Å². The van der Waals surface area contributed by atoms with Gasteiger partial charge in [0.2, 0.25) is 0 Å². The maximum absolute atomic E-state index is 6.67. The second-order valence-electron chi connectivity index (χ2n) is 18.7. The number of para-hydroxylation sites is 2. The van der Waals surface area contributed by atoms with Crippen LogP contribution in [-0.2, 0) is 5.41 Å². The van der Waals surface area contributed by atoms with E-state index >= 15 is 0 Å². The first kappa shape index (κ1) is 40.8. The molecule has 1 spiro atoms.